The minimum Gasteiger partial charge on any atom is -0.318 e. The first-order valence-electron chi connectivity index (χ1n) is 5.72. The topological polar surface area (TPSA) is 64.7 Å². The molecule has 2 N–H and O–H groups in total. The molecule has 0 saturated carbocycles. The zero-order valence-corrected chi connectivity index (χ0v) is 9.69. The predicted octanol–water partition coefficient (Wildman–Crippen LogP) is 2.07. The van der Waals surface area contributed by atoms with Gasteiger partial charge in [-0.15, -0.1) is 0 Å². The fourth-order valence-corrected chi connectivity index (χ4v) is 1.90. The maximum atomic E-state index is 6.15. The van der Waals surface area contributed by atoms with Crippen LogP contribution in [0.4, 0.5) is 0 Å². The Bertz CT molecular complexity index is 667. The number of benzene rings is 1. The van der Waals surface area contributed by atoms with Crippen LogP contribution >= 0.6 is 0 Å². The van der Waals surface area contributed by atoms with E-state index in [0.29, 0.717) is 5.82 Å². The molecule has 0 amide bonds. The minimum atomic E-state index is -0.322. The van der Waals surface area contributed by atoms with Gasteiger partial charge in [0.1, 0.15) is 5.82 Å². The van der Waals surface area contributed by atoms with Gasteiger partial charge in [-0.2, -0.15) is 0 Å². The first kappa shape index (κ1) is 10.8. The normalized spacial score (nSPS) is 12.5. The second kappa shape index (κ2) is 4.50. The molecule has 0 radical (unpaired) electrons. The molecular weight excluding hydrogens is 224 g/mol. The maximum Gasteiger partial charge on any atom is 0.149 e. The number of aromatic nitrogens is 3. The average Bonchev–Trinajstić information content (AvgIpc) is 2.47. The smallest absolute Gasteiger partial charge is 0.149 e. The second-order valence-electron chi connectivity index (χ2n) is 4.04. The van der Waals surface area contributed by atoms with Gasteiger partial charge in [0.2, 0.25) is 0 Å². The summed E-state index contributed by atoms with van der Waals surface area (Å²) in [5, 5.41) is 1.10. The van der Waals surface area contributed by atoms with Crippen LogP contribution in [0.1, 0.15) is 17.4 Å². The summed E-state index contributed by atoms with van der Waals surface area (Å²) < 4.78 is 0. The van der Waals surface area contributed by atoms with Crippen molar-refractivity contribution in [1.29, 1.82) is 0 Å². The van der Waals surface area contributed by atoms with E-state index in [1.165, 1.54) is 0 Å². The Kier molecular flexibility index (Phi) is 2.70. The molecule has 4 heteroatoms. The summed E-state index contributed by atoms with van der Waals surface area (Å²) >= 11 is 0. The summed E-state index contributed by atoms with van der Waals surface area (Å²) in [5.74, 6) is 0.618. The van der Waals surface area contributed by atoms with Gasteiger partial charge in [0.05, 0.1) is 11.6 Å². The minimum absolute atomic E-state index is 0.322. The Hall–Kier alpha value is -2.33. The molecule has 4 nitrogen and oxygen atoms in total. The van der Waals surface area contributed by atoms with E-state index in [1.807, 2.05) is 30.3 Å². The standard InChI is InChI=1S/C14H12N4/c15-13(14-17-7-2-8-18-14)11-5-4-10-3-1-6-16-12(10)9-11/h1-9,13H,15H2. The van der Waals surface area contributed by atoms with E-state index in [1.54, 1.807) is 24.7 Å². The molecule has 18 heavy (non-hydrogen) atoms. The summed E-state index contributed by atoms with van der Waals surface area (Å²) in [6.07, 6.45) is 5.17. The fraction of sp³-hybridized carbons (Fsp3) is 0.0714. The number of hydrogen-bond donors (Lipinski definition) is 1. The Morgan fingerprint density at radius 2 is 1.67 bits per heavy atom. The van der Waals surface area contributed by atoms with Gasteiger partial charge in [-0.25, -0.2) is 9.97 Å². The highest BCUT2D eigenvalue weighted by atomic mass is 14.9. The van der Waals surface area contributed by atoms with Crippen LogP contribution in [0.25, 0.3) is 10.9 Å². The zero-order chi connectivity index (χ0) is 12.4. The van der Waals surface area contributed by atoms with E-state index < -0.39 is 0 Å². The lowest BCUT2D eigenvalue weighted by Gasteiger charge is -2.10. The van der Waals surface area contributed by atoms with Crippen LogP contribution in [0.5, 0.6) is 0 Å². The Labute approximate surface area is 105 Å². The number of hydrogen-bond acceptors (Lipinski definition) is 4. The van der Waals surface area contributed by atoms with Crippen molar-refractivity contribution in [3.05, 3.63) is 66.4 Å². The van der Waals surface area contributed by atoms with Crippen LogP contribution in [-0.2, 0) is 0 Å². The molecule has 1 aromatic carbocycles. The molecular formula is C14H12N4. The number of pyridine rings is 1. The number of nitrogens with two attached hydrogens (primary N) is 1. The van der Waals surface area contributed by atoms with Crippen molar-refractivity contribution in [2.45, 2.75) is 6.04 Å². The first-order valence-corrected chi connectivity index (χ1v) is 5.72. The van der Waals surface area contributed by atoms with Gasteiger partial charge < -0.3 is 5.73 Å². The summed E-state index contributed by atoms with van der Waals surface area (Å²) in [4.78, 5) is 12.7. The van der Waals surface area contributed by atoms with Crippen LogP contribution in [0, 0.1) is 0 Å². The predicted molar refractivity (Wildman–Crippen MR) is 69.8 cm³/mol. The van der Waals surface area contributed by atoms with Crippen LogP contribution in [-0.4, -0.2) is 15.0 Å². The van der Waals surface area contributed by atoms with E-state index in [-0.39, 0.29) is 6.04 Å². The molecule has 2 aromatic heterocycles. The highest BCUT2D eigenvalue weighted by Gasteiger charge is 2.11. The fourth-order valence-electron chi connectivity index (χ4n) is 1.90. The molecule has 0 aliphatic carbocycles. The molecule has 2 heterocycles. The quantitative estimate of drug-likeness (QED) is 0.739. The molecule has 0 aliphatic heterocycles. The number of nitrogens with zero attached hydrogens (tertiary/aromatic N) is 3. The van der Waals surface area contributed by atoms with Crippen molar-refractivity contribution < 1.29 is 0 Å². The molecule has 88 valence electrons. The van der Waals surface area contributed by atoms with Gasteiger partial charge in [0.15, 0.2) is 0 Å². The molecule has 0 spiro atoms. The third-order valence-corrected chi connectivity index (χ3v) is 2.85. The zero-order valence-electron chi connectivity index (χ0n) is 9.69. The van der Waals surface area contributed by atoms with Crippen molar-refractivity contribution in [2.75, 3.05) is 0 Å². The van der Waals surface area contributed by atoms with Gasteiger partial charge >= 0.3 is 0 Å². The van der Waals surface area contributed by atoms with Crippen LogP contribution in [0.15, 0.2) is 55.0 Å². The summed E-state index contributed by atoms with van der Waals surface area (Å²) in [7, 11) is 0. The highest BCUT2D eigenvalue weighted by Crippen LogP contribution is 2.20. The third-order valence-electron chi connectivity index (χ3n) is 2.85. The van der Waals surface area contributed by atoms with Crippen molar-refractivity contribution in [2.24, 2.45) is 5.73 Å². The second-order valence-corrected chi connectivity index (χ2v) is 4.04. The van der Waals surface area contributed by atoms with E-state index in [9.17, 15) is 0 Å². The van der Waals surface area contributed by atoms with Gasteiger partial charge in [-0.1, -0.05) is 18.2 Å². The Morgan fingerprint density at radius 3 is 2.50 bits per heavy atom. The van der Waals surface area contributed by atoms with Crippen molar-refractivity contribution in [3.8, 4) is 0 Å². The van der Waals surface area contributed by atoms with Gasteiger partial charge in [-0.3, -0.25) is 4.98 Å². The Balaban J connectivity index is 2.04. The molecule has 1 unspecified atom stereocenters. The lowest BCUT2D eigenvalue weighted by molar-refractivity contribution is 0.781. The van der Waals surface area contributed by atoms with Crippen LogP contribution in [0.2, 0.25) is 0 Å². The van der Waals surface area contributed by atoms with E-state index >= 15 is 0 Å². The van der Waals surface area contributed by atoms with Crippen molar-refractivity contribution in [1.82, 2.24) is 15.0 Å². The first-order chi connectivity index (χ1) is 8.84. The summed E-state index contributed by atoms with van der Waals surface area (Å²) in [5.41, 5.74) is 8.05. The average molecular weight is 236 g/mol. The lowest BCUT2D eigenvalue weighted by Crippen LogP contribution is -2.15. The van der Waals surface area contributed by atoms with E-state index in [4.69, 9.17) is 5.73 Å². The number of rotatable bonds is 2. The molecule has 3 aromatic rings. The molecule has 3 rings (SSSR count). The van der Waals surface area contributed by atoms with Gasteiger partial charge in [0.25, 0.3) is 0 Å². The lowest BCUT2D eigenvalue weighted by atomic mass is 10.0. The van der Waals surface area contributed by atoms with Crippen LogP contribution < -0.4 is 5.73 Å². The molecule has 0 fully saturated rings. The van der Waals surface area contributed by atoms with Gasteiger partial charge in [-0.05, 0) is 23.8 Å². The highest BCUT2D eigenvalue weighted by molar-refractivity contribution is 5.79. The summed E-state index contributed by atoms with van der Waals surface area (Å²) in [6, 6.07) is 11.4. The van der Waals surface area contributed by atoms with Crippen LogP contribution in [0.3, 0.4) is 0 Å². The molecule has 0 bridgehead atoms. The molecule has 0 aliphatic rings. The SMILES string of the molecule is NC(c1ccc2cccnc2c1)c1ncccn1. The third kappa shape index (κ3) is 1.94. The Morgan fingerprint density at radius 1 is 0.889 bits per heavy atom. The van der Waals surface area contributed by atoms with E-state index in [0.717, 1.165) is 16.5 Å². The maximum absolute atomic E-state index is 6.15. The largest absolute Gasteiger partial charge is 0.318 e. The van der Waals surface area contributed by atoms with Crippen molar-refractivity contribution >= 4 is 10.9 Å². The number of fused-ring (bicyclic) bond motifs is 1. The summed E-state index contributed by atoms with van der Waals surface area (Å²) in [6.45, 7) is 0. The van der Waals surface area contributed by atoms with Crippen molar-refractivity contribution in [3.63, 3.8) is 0 Å². The monoisotopic (exact) mass is 236 g/mol. The molecule has 0 saturated heterocycles. The van der Waals surface area contributed by atoms with Gasteiger partial charge in [0, 0.05) is 24.0 Å². The van der Waals surface area contributed by atoms with E-state index in [2.05, 4.69) is 15.0 Å². The molecule has 1 atom stereocenters.